The van der Waals surface area contributed by atoms with Gasteiger partial charge in [0.2, 0.25) is 11.1 Å². The topological polar surface area (TPSA) is 77.0 Å². The molecule has 1 amide bonds. The van der Waals surface area contributed by atoms with E-state index < -0.39 is 0 Å². The molecule has 1 aliphatic heterocycles. The molecule has 0 bridgehead atoms. The minimum atomic E-state index is -0.249. The molecular formula is C16H17N5O2S2. The zero-order chi connectivity index (χ0) is 17.2. The van der Waals surface area contributed by atoms with E-state index in [4.69, 9.17) is 4.42 Å². The molecule has 130 valence electrons. The van der Waals surface area contributed by atoms with Gasteiger partial charge in [0, 0.05) is 18.0 Å². The van der Waals surface area contributed by atoms with Crippen molar-refractivity contribution in [2.45, 2.75) is 36.8 Å². The fourth-order valence-electron chi connectivity index (χ4n) is 2.83. The summed E-state index contributed by atoms with van der Waals surface area (Å²) >= 11 is 3.15. The predicted octanol–water partition coefficient (Wildman–Crippen LogP) is 2.44. The van der Waals surface area contributed by atoms with Gasteiger partial charge in [0.25, 0.3) is 0 Å². The lowest BCUT2D eigenvalue weighted by Crippen LogP contribution is -2.39. The highest BCUT2D eigenvalue weighted by Crippen LogP contribution is 2.27. The van der Waals surface area contributed by atoms with Crippen LogP contribution in [0.4, 0.5) is 0 Å². The van der Waals surface area contributed by atoms with Gasteiger partial charge >= 0.3 is 0 Å². The smallest absolute Gasteiger partial charge is 0.236 e. The Morgan fingerprint density at radius 1 is 1.48 bits per heavy atom. The molecule has 25 heavy (non-hydrogen) atoms. The fraction of sp³-hybridized carbons (Fsp3) is 0.375. The van der Waals surface area contributed by atoms with Gasteiger partial charge in [0.1, 0.15) is 12.3 Å². The van der Waals surface area contributed by atoms with E-state index in [1.807, 2.05) is 24.0 Å². The molecule has 0 saturated heterocycles. The van der Waals surface area contributed by atoms with Crippen LogP contribution in [-0.2, 0) is 24.3 Å². The maximum Gasteiger partial charge on any atom is 0.236 e. The monoisotopic (exact) mass is 375 g/mol. The van der Waals surface area contributed by atoms with Gasteiger partial charge in [-0.25, -0.2) is 4.68 Å². The van der Waals surface area contributed by atoms with E-state index in [0.717, 1.165) is 18.7 Å². The molecule has 0 aliphatic carbocycles. The molecule has 0 radical (unpaired) electrons. The third-order valence-electron chi connectivity index (χ3n) is 4.13. The van der Waals surface area contributed by atoms with Crippen LogP contribution >= 0.6 is 23.1 Å². The zero-order valence-electron chi connectivity index (χ0n) is 13.7. The number of carbonyl (C=O) groups is 1. The van der Waals surface area contributed by atoms with Crippen LogP contribution in [0.15, 0.2) is 39.4 Å². The number of amides is 1. The van der Waals surface area contributed by atoms with Gasteiger partial charge in [0.15, 0.2) is 0 Å². The van der Waals surface area contributed by atoms with Crippen LogP contribution in [-0.4, -0.2) is 42.8 Å². The summed E-state index contributed by atoms with van der Waals surface area (Å²) in [5.41, 5.74) is 1.27. The molecule has 3 aromatic heterocycles. The number of fused-ring (bicyclic) bond motifs is 1. The Bertz CT molecular complexity index is 858. The van der Waals surface area contributed by atoms with Gasteiger partial charge < -0.3 is 9.32 Å². The van der Waals surface area contributed by atoms with Crippen molar-refractivity contribution in [2.75, 3.05) is 6.54 Å². The van der Waals surface area contributed by atoms with Crippen LogP contribution < -0.4 is 0 Å². The summed E-state index contributed by atoms with van der Waals surface area (Å²) in [6.07, 6.45) is 2.56. The zero-order valence-corrected chi connectivity index (χ0v) is 15.3. The molecule has 3 aromatic rings. The molecule has 0 saturated carbocycles. The summed E-state index contributed by atoms with van der Waals surface area (Å²) in [6, 6.07) is 5.81. The molecule has 9 heteroatoms. The second-order valence-electron chi connectivity index (χ2n) is 5.84. The summed E-state index contributed by atoms with van der Waals surface area (Å²) in [6.45, 7) is 3.82. The molecule has 1 aliphatic rings. The van der Waals surface area contributed by atoms with Gasteiger partial charge in [-0.05, 0) is 52.9 Å². The number of hydrogen-bond acceptors (Lipinski definition) is 7. The number of thiophene rings is 1. The SMILES string of the molecule is CC(Sc1nnnn1Cc1ccco1)C(=O)N1CCc2sccc2C1. The van der Waals surface area contributed by atoms with E-state index in [-0.39, 0.29) is 11.2 Å². The number of aromatic nitrogens is 4. The number of thioether (sulfide) groups is 1. The quantitative estimate of drug-likeness (QED) is 0.638. The normalized spacial score (nSPS) is 15.2. The average Bonchev–Trinajstić information content (AvgIpc) is 3.36. The second kappa shape index (κ2) is 7.01. The number of furan rings is 1. The maximum absolute atomic E-state index is 12.8. The van der Waals surface area contributed by atoms with Crippen molar-refractivity contribution in [3.63, 3.8) is 0 Å². The molecule has 4 rings (SSSR count). The van der Waals surface area contributed by atoms with E-state index in [1.54, 1.807) is 22.3 Å². The average molecular weight is 375 g/mol. The lowest BCUT2D eigenvalue weighted by Gasteiger charge is -2.29. The van der Waals surface area contributed by atoms with Crippen LogP contribution in [0.1, 0.15) is 23.1 Å². The molecule has 1 atom stereocenters. The van der Waals surface area contributed by atoms with Gasteiger partial charge in [-0.1, -0.05) is 11.8 Å². The molecule has 4 heterocycles. The van der Waals surface area contributed by atoms with Crippen molar-refractivity contribution in [3.8, 4) is 0 Å². The summed E-state index contributed by atoms with van der Waals surface area (Å²) in [5, 5.41) is 14.2. The van der Waals surface area contributed by atoms with Gasteiger partial charge in [0.05, 0.1) is 11.5 Å². The highest BCUT2D eigenvalue weighted by atomic mass is 32.2. The Labute approximate surface area is 153 Å². The summed E-state index contributed by atoms with van der Waals surface area (Å²) in [5.74, 6) is 0.892. The Kier molecular flexibility index (Phi) is 4.58. The van der Waals surface area contributed by atoms with Gasteiger partial charge in [-0.3, -0.25) is 4.79 Å². The summed E-state index contributed by atoms with van der Waals surface area (Å²) in [4.78, 5) is 16.1. The maximum atomic E-state index is 12.8. The third-order valence-corrected chi connectivity index (χ3v) is 6.22. The van der Waals surface area contributed by atoms with Crippen molar-refractivity contribution in [3.05, 3.63) is 46.0 Å². The summed E-state index contributed by atoms with van der Waals surface area (Å²) in [7, 11) is 0. The first-order valence-electron chi connectivity index (χ1n) is 8.00. The fourth-order valence-corrected chi connectivity index (χ4v) is 4.59. The Morgan fingerprint density at radius 3 is 3.24 bits per heavy atom. The standard InChI is InChI=1S/C16H17N5O2S2/c1-11(15(22)20-6-4-14-12(9-20)5-8-24-14)25-16-17-18-19-21(16)10-13-3-2-7-23-13/h2-3,5,7-8,11H,4,6,9-10H2,1H3. The molecular weight excluding hydrogens is 358 g/mol. The molecule has 0 fully saturated rings. The van der Waals surface area contributed by atoms with E-state index in [9.17, 15) is 4.79 Å². The highest BCUT2D eigenvalue weighted by Gasteiger charge is 2.27. The number of nitrogens with zero attached hydrogens (tertiary/aromatic N) is 5. The van der Waals surface area contributed by atoms with Crippen LogP contribution in [0, 0.1) is 0 Å². The lowest BCUT2D eigenvalue weighted by molar-refractivity contribution is -0.131. The first-order valence-corrected chi connectivity index (χ1v) is 9.76. The first kappa shape index (κ1) is 16.3. The highest BCUT2D eigenvalue weighted by molar-refractivity contribution is 8.00. The van der Waals surface area contributed by atoms with Gasteiger partial charge in [-0.15, -0.1) is 16.4 Å². The number of tetrazole rings is 1. The van der Waals surface area contributed by atoms with E-state index in [1.165, 1.54) is 22.2 Å². The van der Waals surface area contributed by atoms with Crippen molar-refractivity contribution in [1.29, 1.82) is 0 Å². The predicted molar refractivity (Wildman–Crippen MR) is 94.4 cm³/mol. The molecule has 0 N–H and O–H groups in total. The number of hydrogen-bond donors (Lipinski definition) is 0. The molecule has 0 spiro atoms. The van der Waals surface area contributed by atoms with E-state index in [0.29, 0.717) is 18.2 Å². The van der Waals surface area contributed by atoms with Crippen LogP contribution in [0.5, 0.6) is 0 Å². The minimum absolute atomic E-state index is 0.120. The Morgan fingerprint density at radius 2 is 2.40 bits per heavy atom. The van der Waals surface area contributed by atoms with E-state index >= 15 is 0 Å². The number of carbonyl (C=O) groups excluding carboxylic acids is 1. The van der Waals surface area contributed by atoms with E-state index in [2.05, 4.69) is 27.0 Å². The molecule has 7 nitrogen and oxygen atoms in total. The largest absolute Gasteiger partial charge is 0.467 e. The van der Waals surface area contributed by atoms with Crippen molar-refractivity contribution >= 4 is 29.0 Å². The minimum Gasteiger partial charge on any atom is -0.467 e. The summed E-state index contributed by atoms with van der Waals surface area (Å²) < 4.78 is 6.99. The lowest BCUT2D eigenvalue weighted by atomic mass is 10.1. The van der Waals surface area contributed by atoms with Gasteiger partial charge in [-0.2, -0.15) is 0 Å². The third kappa shape index (κ3) is 3.47. The van der Waals surface area contributed by atoms with Crippen molar-refractivity contribution < 1.29 is 9.21 Å². The van der Waals surface area contributed by atoms with Crippen LogP contribution in [0.3, 0.4) is 0 Å². The van der Waals surface area contributed by atoms with Crippen LogP contribution in [0.2, 0.25) is 0 Å². The van der Waals surface area contributed by atoms with Crippen molar-refractivity contribution in [2.24, 2.45) is 0 Å². The Hall–Kier alpha value is -2.13. The first-order chi connectivity index (χ1) is 12.2. The number of rotatable bonds is 5. The van der Waals surface area contributed by atoms with Crippen molar-refractivity contribution in [1.82, 2.24) is 25.1 Å². The van der Waals surface area contributed by atoms with Crippen LogP contribution in [0.25, 0.3) is 0 Å². The Balaban J connectivity index is 1.41. The second-order valence-corrected chi connectivity index (χ2v) is 8.15. The molecule has 0 aromatic carbocycles. The molecule has 1 unspecified atom stereocenters.